The summed E-state index contributed by atoms with van der Waals surface area (Å²) >= 11 is 1.58. The highest BCUT2D eigenvalue weighted by Crippen LogP contribution is 2.37. The highest BCUT2D eigenvalue weighted by Gasteiger charge is 2.50. The lowest BCUT2D eigenvalue weighted by atomic mass is 9.85. The van der Waals surface area contributed by atoms with Crippen LogP contribution in [0, 0.1) is 12.3 Å². The predicted octanol–water partition coefficient (Wildman–Crippen LogP) is 6.94. The van der Waals surface area contributed by atoms with Crippen LogP contribution < -0.4 is 21.0 Å². The molecule has 1 aromatic heterocycles. The number of ether oxygens (including phenoxy) is 1. The average molecular weight is 825 g/mol. The Morgan fingerprint density at radius 1 is 0.879 bits per heavy atom. The summed E-state index contributed by atoms with van der Waals surface area (Å²) in [5.41, 5.74) is 4.09. The van der Waals surface area contributed by atoms with Gasteiger partial charge in [-0.3, -0.25) is 19.2 Å². The molecule has 12 heteroatoms. The minimum atomic E-state index is -2.64. The number of aromatic nitrogens is 1. The molecular weight excluding hydrogens is 765 g/mol. The van der Waals surface area contributed by atoms with Gasteiger partial charge in [0.15, 0.2) is 0 Å². The smallest absolute Gasteiger partial charge is 0.302 e. The summed E-state index contributed by atoms with van der Waals surface area (Å²) in [6, 6.07) is 27.3. The zero-order valence-electron chi connectivity index (χ0n) is 35.3. The molecule has 0 bridgehead atoms. The second-order valence-corrected chi connectivity index (χ2v) is 22.5. The summed E-state index contributed by atoms with van der Waals surface area (Å²) in [6.07, 6.45) is 1.99. The van der Waals surface area contributed by atoms with E-state index in [0.29, 0.717) is 13.0 Å². The third kappa shape index (κ3) is 10.9. The lowest BCUT2D eigenvalue weighted by Crippen LogP contribution is -2.66. The highest BCUT2D eigenvalue weighted by molar-refractivity contribution is 7.13. The van der Waals surface area contributed by atoms with Gasteiger partial charge in [0.25, 0.3) is 8.32 Å². The number of aryl methyl sites for hydroxylation is 1. The molecule has 4 aromatic rings. The van der Waals surface area contributed by atoms with Gasteiger partial charge in [0, 0.05) is 32.9 Å². The van der Waals surface area contributed by atoms with E-state index in [1.54, 1.807) is 11.3 Å². The van der Waals surface area contributed by atoms with Crippen LogP contribution in [-0.4, -0.2) is 73.2 Å². The number of hydrogen-bond donors (Lipinski definition) is 2. The fourth-order valence-electron chi connectivity index (χ4n) is 7.87. The first-order chi connectivity index (χ1) is 27.5. The maximum atomic E-state index is 14.3. The molecular formula is C46H60N4O6SSi. The number of carbonyl (C=O) groups is 4. The van der Waals surface area contributed by atoms with E-state index in [1.807, 2.05) is 69.6 Å². The van der Waals surface area contributed by atoms with Crippen LogP contribution in [0.4, 0.5) is 0 Å². The van der Waals surface area contributed by atoms with Crippen molar-refractivity contribution in [1.29, 1.82) is 0 Å². The Morgan fingerprint density at radius 3 is 2.03 bits per heavy atom. The minimum absolute atomic E-state index is 0.0627. The van der Waals surface area contributed by atoms with Crippen molar-refractivity contribution in [3.63, 3.8) is 0 Å². The van der Waals surface area contributed by atoms with Gasteiger partial charge in [0.05, 0.1) is 22.6 Å². The van der Waals surface area contributed by atoms with E-state index < -0.39 is 37.9 Å². The summed E-state index contributed by atoms with van der Waals surface area (Å²) in [7, 11) is -2.64. The van der Waals surface area contributed by atoms with Gasteiger partial charge in [0.2, 0.25) is 17.7 Å². The molecule has 2 heterocycles. The van der Waals surface area contributed by atoms with Gasteiger partial charge in [0.1, 0.15) is 18.2 Å². The molecule has 5 rings (SSSR count). The van der Waals surface area contributed by atoms with E-state index in [9.17, 15) is 19.2 Å². The summed E-state index contributed by atoms with van der Waals surface area (Å²) in [6.45, 7) is 16.6. The third-order valence-corrected chi connectivity index (χ3v) is 16.8. The Bertz CT molecular complexity index is 1950. The maximum Gasteiger partial charge on any atom is 0.302 e. The number of nitrogens with zero attached hydrogens (tertiary/aromatic N) is 2. The largest absolute Gasteiger partial charge is 0.461 e. The van der Waals surface area contributed by atoms with E-state index in [-0.39, 0.29) is 48.7 Å². The van der Waals surface area contributed by atoms with Crippen molar-refractivity contribution < 1.29 is 28.3 Å². The van der Waals surface area contributed by atoms with Gasteiger partial charge >= 0.3 is 5.97 Å². The first-order valence-electron chi connectivity index (χ1n) is 20.3. The van der Waals surface area contributed by atoms with E-state index in [2.05, 4.69) is 84.9 Å². The van der Waals surface area contributed by atoms with Crippen molar-refractivity contribution >= 4 is 53.7 Å². The van der Waals surface area contributed by atoms with E-state index in [4.69, 9.17) is 9.16 Å². The Labute approximate surface area is 349 Å². The van der Waals surface area contributed by atoms with Crippen LogP contribution >= 0.6 is 11.3 Å². The molecule has 1 aliphatic rings. The Hall–Kier alpha value is -4.65. The van der Waals surface area contributed by atoms with Crippen molar-refractivity contribution in [2.75, 3.05) is 13.2 Å². The van der Waals surface area contributed by atoms with Crippen LogP contribution in [0.5, 0.6) is 0 Å². The van der Waals surface area contributed by atoms with Crippen LogP contribution in [0.1, 0.15) is 91.8 Å². The Kier molecular flexibility index (Phi) is 14.9. The van der Waals surface area contributed by atoms with Gasteiger partial charge < -0.3 is 24.7 Å². The molecule has 0 unspecified atom stereocenters. The van der Waals surface area contributed by atoms with Crippen LogP contribution in [0.25, 0.3) is 10.4 Å². The van der Waals surface area contributed by atoms with Crippen LogP contribution in [-0.2, 0) is 34.9 Å². The number of amides is 3. The molecule has 1 aliphatic heterocycles. The predicted molar refractivity (Wildman–Crippen MR) is 233 cm³/mol. The Balaban J connectivity index is 1.18. The van der Waals surface area contributed by atoms with Gasteiger partial charge in [-0.15, -0.1) is 11.3 Å². The maximum absolute atomic E-state index is 14.3. The van der Waals surface area contributed by atoms with Gasteiger partial charge in [-0.2, -0.15) is 0 Å². The fraction of sp³-hybridized carbons (Fsp3) is 0.457. The molecule has 3 atom stereocenters. The lowest BCUT2D eigenvalue weighted by molar-refractivity contribution is -0.147. The molecule has 0 saturated carbocycles. The van der Waals surface area contributed by atoms with Crippen molar-refractivity contribution in [3.8, 4) is 10.4 Å². The molecule has 3 aromatic carbocycles. The quantitative estimate of drug-likeness (QED) is 0.0713. The highest BCUT2D eigenvalue weighted by atomic mass is 32.1. The molecule has 1 fully saturated rings. The number of hydrogen-bond acceptors (Lipinski definition) is 8. The Morgan fingerprint density at radius 2 is 1.50 bits per heavy atom. The molecule has 10 nitrogen and oxygen atoms in total. The van der Waals surface area contributed by atoms with Crippen molar-refractivity contribution in [1.82, 2.24) is 20.5 Å². The van der Waals surface area contributed by atoms with Crippen molar-refractivity contribution in [2.45, 2.75) is 117 Å². The number of benzene rings is 3. The normalized spacial score (nSPS) is 16.4. The zero-order valence-corrected chi connectivity index (χ0v) is 37.1. The molecule has 2 N–H and O–H groups in total. The third-order valence-electron chi connectivity index (χ3n) is 10.8. The SMILES string of the molecule is CC(=O)O[C@@H]1C[C@@H](C(=O)NCc2ccc(-c3scnc3C)cc2)N(C(=O)[C@@H](NC(=O)CCCCCO[Si](c2ccccc2)(c2ccccc2)C(C)(C)C)C(C)(C)C)C1. The number of likely N-dealkylation sites (tertiary alicyclic amines) is 1. The molecule has 310 valence electrons. The number of unbranched alkanes of at least 4 members (excludes halogenated alkanes) is 2. The summed E-state index contributed by atoms with van der Waals surface area (Å²) < 4.78 is 12.5. The summed E-state index contributed by atoms with van der Waals surface area (Å²) in [5.74, 6) is -1.43. The zero-order chi connectivity index (χ0) is 42.1. The minimum Gasteiger partial charge on any atom is -0.461 e. The van der Waals surface area contributed by atoms with Gasteiger partial charge in [-0.1, -0.05) is 133 Å². The second-order valence-electron chi connectivity index (χ2n) is 17.3. The van der Waals surface area contributed by atoms with E-state index >= 15 is 0 Å². The first-order valence-corrected chi connectivity index (χ1v) is 23.1. The van der Waals surface area contributed by atoms with Crippen LogP contribution in [0.15, 0.2) is 90.4 Å². The summed E-state index contributed by atoms with van der Waals surface area (Å²) in [4.78, 5) is 60.3. The molecule has 0 radical (unpaired) electrons. The van der Waals surface area contributed by atoms with E-state index in [0.717, 1.165) is 34.5 Å². The number of esters is 1. The van der Waals surface area contributed by atoms with Gasteiger partial charge in [-0.25, -0.2) is 4.98 Å². The fourth-order valence-corrected chi connectivity index (χ4v) is 13.3. The molecule has 1 saturated heterocycles. The van der Waals surface area contributed by atoms with Crippen LogP contribution in [0.2, 0.25) is 5.04 Å². The topological polar surface area (TPSA) is 127 Å². The van der Waals surface area contributed by atoms with Crippen LogP contribution in [0.3, 0.4) is 0 Å². The second kappa shape index (κ2) is 19.4. The molecule has 3 amide bonds. The summed E-state index contributed by atoms with van der Waals surface area (Å²) in [5, 5.41) is 8.34. The molecule has 0 spiro atoms. The number of rotatable bonds is 16. The standard InChI is InChI=1S/C46H60N4O6SSi/c1-32-41(57-31-48-32)35-25-23-34(24-26-35)29-47-43(53)39-28-36(56-33(2)51)30-50(39)44(54)42(45(3,4)5)49-40(52)22-16-11-17-27-55-58(46(6,7)8,37-18-12-9-13-19-37)38-20-14-10-15-21-38/h9-10,12-15,18-21,23-26,31,36,39,42H,11,16-17,22,27-30H2,1-8H3,(H,47,53)(H,49,52)/t36-,39+,42-/m1/s1. The molecule has 58 heavy (non-hydrogen) atoms. The van der Waals surface area contributed by atoms with E-state index in [1.165, 1.54) is 22.2 Å². The van der Waals surface area contributed by atoms with Crippen molar-refractivity contribution in [2.24, 2.45) is 5.41 Å². The number of nitrogens with one attached hydrogen (secondary N) is 2. The number of thiazole rings is 1. The van der Waals surface area contributed by atoms with Crippen molar-refractivity contribution in [3.05, 3.63) is 102 Å². The lowest BCUT2D eigenvalue weighted by Gasteiger charge is -2.43. The monoisotopic (exact) mass is 824 g/mol. The number of carbonyl (C=O) groups excluding carboxylic acids is 4. The first kappa shape index (κ1) is 44.4. The molecule has 0 aliphatic carbocycles. The van der Waals surface area contributed by atoms with Gasteiger partial charge in [-0.05, 0) is 51.7 Å². The average Bonchev–Trinajstić information content (AvgIpc) is 3.81.